The molecule has 0 amide bonds. The van der Waals surface area contributed by atoms with Gasteiger partial charge in [0.25, 0.3) is 0 Å². The largest absolute Gasteiger partial charge is 2.00 e. The van der Waals surface area contributed by atoms with E-state index in [-0.39, 0.29) is 34.2 Å². The second-order valence-corrected chi connectivity index (χ2v) is 2.49. The number of carbonyl (C=O) groups is 2. The van der Waals surface area contributed by atoms with Gasteiger partial charge in [-0.05, 0) is 24.0 Å². The zero-order chi connectivity index (χ0) is 11.7. The van der Waals surface area contributed by atoms with Crippen LogP contribution in [0.15, 0.2) is 24.3 Å². The molecule has 0 bridgehead atoms. The average Bonchev–Trinajstić information content (AvgIpc) is 2.15. The molecule has 0 aliphatic heterocycles. The Labute approximate surface area is 106 Å². The fourth-order valence-electron chi connectivity index (χ4n) is 0.289. The van der Waals surface area contributed by atoms with E-state index < -0.39 is 11.9 Å². The van der Waals surface area contributed by atoms with E-state index in [0.717, 1.165) is 0 Å². The molecule has 0 fully saturated rings. The van der Waals surface area contributed by atoms with Gasteiger partial charge in [-0.3, -0.25) is 0 Å². The second kappa shape index (κ2) is 11.3. The third-order valence-corrected chi connectivity index (χ3v) is 1.43. The summed E-state index contributed by atoms with van der Waals surface area (Å²) in [7, 11) is 0. The fraction of sp³-hybridized carbons (Fsp3) is 0.400. The minimum Gasteiger partial charge on any atom is -0.545 e. The summed E-state index contributed by atoms with van der Waals surface area (Å²) in [6, 6.07) is 0. The number of carbonyl (C=O) groups excluding carboxylic acids is 2. The summed E-state index contributed by atoms with van der Waals surface area (Å²) < 4.78 is 0. The van der Waals surface area contributed by atoms with Crippen LogP contribution in [0.25, 0.3) is 0 Å². The quantitative estimate of drug-likeness (QED) is 0.452. The van der Waals surface area contributed by atoms with Crippen LogP contribution in [-0.4, -0.2) is 35.0 Å². The number of carboxylic acid groups (broad SMARTS) is 2. The summed E-state index contributed by atoms with van der Waals surface area (Å²) in [6.45, 7) is 9.86. The van der Waals surface area contributed by atoms with Crippen LogP contribution in [0.1, 0.15) is 26.7 Å². The van der Waals surface area contributed by atoms with Gasteiger partial charge in [-0.2, -0.15) is 0 Å². The van der Waals surface area contributed by atoms with Gasteiger partial charge in [0.1, 0.15) is 0 Å². The van der Waals surface area contributed by atoms with E-state index in [0.29, 0.717) is 12.8 Å². The third kappa shape index (κ3) is 13.2. The summed E-state index contributed by atoms with van der Waals surface area (Å²) in [5.74, 6) is -2.30. The molecule has 0 aromatic carbocycles. The van der Waals surface area contributed by atoms with Crippen molar-refractivity contribution in [2.45, 2.75) is 26.7 Å². The van der Waals surface area contributed by atoms with Crippen molar-refractivity contribution in [1.29, 1.82) is 0 Å². The molecule has 0 radical (unpaired) electrons. The molecule has 0 rings (SSSR count). The van der Waals surface area contributed by atoms with Crippen LogP contribution in [-0.2, 0) is 9.59 Å². The smallest absolute Gasteiger partial charge is 0.545 e. The molecule has 0 spiro atoms. The van der Waals surface area contributed by atoms with Gasteiger partial charge in [0.2, 0.25) is 0 Å². The van der Waals surface area contributed by atoms with Crippen molar-refractivity contribution in [3.8, 4) is 0 Å². The maximum absolute atomic E-state index is 9.72. The summed E-state index contributed by atoms with van der Waals surface area (Å²) in [5, 5.41) is 19.4. The molecule has 0 saturated carbocycles. The van der Waals surface area contributed by atoms with Crippen LogP contribution >= 0.6 is 0 Å². The van der Waals surface area contributed by atoms with E-state index in [1.807, 2.05) is 0 Å². The molecule has 0 unspecified atom stereocenters. The van der Waals surface area contributed by atoms with Crippen LogP contribution in [0, 0.1) is 0 Å². The maximum atomic E-state index is 9.72. The first kappa shape index (κ1) is 19.7. The molecule has 0 N–H and O–H groups in total. The van der Waals surface area contributed by atoms with Gasteiger partial charge in [-0.15, -0.1) is 0 Å². The SMILES string of the molecule is C=C(CC)C(=O)[O-].C=C(CC)C(=O)[O-].[Mg+2]. The van der Waals surface area contributed by atoms with Gasteiger partial charge < -0.3 is 19.8 Å². The fourth-order valence-corrected chi connectivity index (χ4v) is 0.289. The molecular weight excluding hydrogens is 208 g/mol. The number of aliphatic carboxylic acids is 2. The van der Waals surface area contributed by atoms with Crippen molar-refractivity contribution in [1.82, 2.24) is 0 Å². The van der Waals surface area contributed by atoms with Crippen molar-refractivity contribution in [2.75, 3.05) is 0 Å². The molecule has 0 saturated heterocycles. The van der Waals surface area contributed by atoms with E-state index in [1.54, 1.807) is 13.8 Å². The Morgan fingerprint density at radius 1 is 0.933 bits per heavy atom. The van der Waals surface area contributed by atoms with Gasteiger partial charge in [-0.25, -0.2) is 0 Å². The molecule has 4 nitrogen and oxygen atoms in total. The predicted molar refractivity (Wildman–Crippen MR) is 54.6 cm³/mol. The number of hydrogen-bond donors (Lipinski definition) is 0. The Bertz CT molecular complexity index is 220. The Hall–Kier alpha value is -0.814. The Kier molecular flexibility index (Phi) is 14.8. The molecule has 15 heavy (non-hydrogen) atoms. The van der Waals surface area contributed by atoms with Crippen LogP contribution in [0.4, 0.5) is 0 Å². The van der Waals surface area contributed by atoms with E-state index in [9.17, 15) is 19.8 Å². The van der Waals surface area contributed by atoms with Crippen LogP contribution in [0.3, 0.4) is 0 Å². The van der Waals surface area contributed by atoms with Crippen molar-refractivity contribution < 1.29 is 19.8 Å². The minimum absolute atomic E-state index is 0. The zero-order valence-electron chi connectivity index (χ0n) is 9.17. The molecular formula is C10H14MgO4. The molecule has 5 heteroatoms. The Morgan fingerprint density at radius 3 is 1.13 bits per heavy atom. The predicted octanol–water partition coefficient (Wildman–Crippen LogP) is -0.976. The van der Waals surface area contributed by atoms with Gasteiger partial charge in [0, 0.05) is 0 Å². The van der Waals surface area contributed by atoms with Crippen LogP contribution < -0.4 is 10.2 Å². The Balaban J connectivity index is -0.000000180. The van der Waals surface area contributed by atoms with Gasteiger partial charge >= 0.3 is 23.1 Å². The van der Waals surface area contributed by atoms with Gasteiger partial charge in [0.05, 0.1) is 11.9 Å². The normalized spacial score (nSPS) is 7.60. The van der Waals surface area contributed by atoms with E-state index in [1.165, 1.54) is 0 Å². The van der Waals surface area contributed by atoms with Gasteiger partial charge in [-0.1, -0.05) is 27.0 Å². The molecule has 0 atom stereocenters. The minimum atomic E-state index is -1.15. The molecule has 0 aromatic rings. The molecule has 0 aliphatic rings. The van der Waals surface area contributed by atoms with Crippen molar-refractivity contribution in [3.63, 3.8) is 0 Å². The third-order valence-electron chi connectivity index (χ3n) is 1.43. The summed E-state index contributed by atoms with van der Waals surface area (Å²) >= 11 is 0. The molecule has 0 aromatic heterocycles. The van der Waals surface area contributed by atoms with Crippen molar-refractivity contribution in [3.05, 3.63) is 24.3 Å². The number of hydrogen-bond acceptors (Lipinski definition) is 4. The van der Waals surface area contributed by atoms with E-state index in [4.69, 9.17) is 0 Å². The first-order valence-electron chi connectivity index (χ1n) is 4.14. The number of rotatable bonds is 4. The topological polar surface area (TPSA) is 80.3 Å². The summed E-state index contributed by atoms with van der Waals surface area (Å²) in [5.41, 5.74) is 0.306. The van der Waals surface area contributed by atoms with Crippen molar-refractivity contribution >= 4 is 35.0 Å². The second-order valence-electron chi connectivity index (χ2n) is 2.49. The average molecular weight is 223 g/mol. The first-order valence-corrected chi connectivity index (χ1v) is 4.14. The standard InChI is InChI=1S/2C5H8O2.Mg/c2*1-3-4(2)5(6)7;/h2*2-3H2,1H3,(H,6,7);/q;;+2/p-2. The first-order chi connectivity index (χ1) is 6.36. The zero-order valence-corrected chi connectivity index (χ0v) is 10.6. The van der Waals surface area contributed by atoms with Crippen LogP contribution in [0.5, 0.6) is 0 Å². The van der Waals surface area contributed by atoms with Gasteiger partial charge in [0.15, 0.2) is 0 Å². The Morgan fingerprint density at radius 2 is 1.13 bits per heavy atom. The van der Waals surface area contributed by atoms with E-state index >= 15 is 0 Å². The van der Waals surface area contributed by atoms with Crippen LogP contribution in [0.2, 0.25) is 0 Å². The molecule has 80 valence electrons. The van der Waals surface area contributed by atoms with Crippen molar-refractivity contribution in [2.24, 2.45) is 0 Å². The maximum Gasteiger partial charge on any atom is 2.00 e. The molecule has 0 aliphatic carbocycles. The van der Waals surface area contributed by atoms with E-state index in [2.05, 4.69) is 13.2 Å². The summed E-state index contributed by atoms with van der Waals surface area (Å²) in [4.78, 5) is 19.4. The molecule has 0 heterocycles. The number of carboxylic acids is 2. The summed E-state index contributed by atoms with van der Waals surface area (Å²) in [6.07, 6.45) is 0.921. The monoisotopic (exact) mass is 222 g/mol.